The van der Waals surface area contributed by atoms with Crippen LogP contribution >= 0.6 is 0 Å². The van der Waals surface area contributed by atoms with E-state index in [0.29, 0.717) is 30.6 Å². The minimum absolute atomic E-state index is 0.205. The van der Waals surface area contributed by atoms with E-state index in [0.717, 1.165) is 12.8 Å². The summed E-state index contributed by atoms with van der Waals surface area (Å²) in [5.41, 5.74) is 0.465. The lowest BCUT2D eigenvalue weighted by molar-refractivity contribution is -0.0382. The van der Waals surface area contributed by atoms with Gasteiger partial charge in [0.1, 0.15) is 12.0 Å². The van der Waals surface area contributed by atoms with E-state index in [2.05, 4.69) is 25.8 Å². The standard InChI is InChI=1S/C21H26F2N2/c1-4-16-7-8-17(19(22)13-16)14-25-12-10-21(9-11-24,20(23)15-25)18(5-2)6-3/h1,7-8,13,18,20H,5-6,9-10,12,14-15H2,2-3H3/t20?,21-/m1/s1. The third kappa shape index (κ3) is 4.02. The summed E-state index contributed by atoms with van der Waals surface area (Å²) >= 11 is 0. The van der Waals surface area contributed by atoms with Gasteiger partial charge in [-0.2, -0.15) is 5.26 Å². The van der Waals surface area contributed by atoms with Gasteiger partial charge < -0.3 is 0 Å². The number of alkyl halides is 1. The first kappa shape index (κ1) is 19.4. The van der Waals surface area contributed by atoms with Gasteiger partial charge in [0.2, 0.25) is 0 Å². The van der Waals surface area contributed by atoms with Crippen LogP contribution in [-0.2, 0) is 6.54 Å². The lowest BCUT2D eigenvalue weighted by Crippen LogP contribution is -2.52. The second-order valence-corrected chi connectivity index (χ2v) is 6.98. The van der Waals surface area contributed by atoms with Crippen molar-refractivity contribution >= 4 is 0 Å². The number of halogens is 2. The third-order valence-electron chi connectivity index (χ3n) is 5.76. The zero-order valence-corrected chi connectivity index (χ0v) is 15.1. The van der Waals surface area contributed by atoms with Gasteiger partial charge in [-0.25, -0.2) is 8.78 Å². The normalized spacial score (nSPS) is 24.0. The maximum absolute atomic E-state index is 15.2. The Balaban J connectivity index is 2.13. The van der Waals surface area contributed by atoms with Gasteiger partial charge >= 0.3 is 0 Å². The highest BCUT2D eigenvalue weighted by Gasteiger charge is 2.47. The maximum atomic E-state index is 15.2. The van der Waals surface area contributed by atoms with Crippen LogP contribution in [0.1, 0.15) is 50.7 Å². The molecule has 4 heteroatoms. The molecule has 134 valence electrons. The zero-order valence-electron chi connectivity index (χ0n) is 15.1. The Bertz CT molecular complexity index is 669. The van der Waals surface area contributed by atoms with Crippen LogP contribution in [-0.4, -0.2) is 24.2 Å². The van der Waals surface area contributed by atoms with E-state index >= 15 is 4.39 Å². The molecule has 0 aromatic heterocycles. The van der Waals surface area contributed by atoms with E-state index in [1.807, 2.05) is 4.90 Å². The minimum Gasteiger partial charge on any atom is -0.296 e. The average Bonchev–Trinajstić information content (AvgIpc) is 2.61. The van der Waals surface area contributed by atoms with Crippen LogP contribution in [0.15, 0.2) is 18.2 Å². The molecule has 1 saturated heterocycles. The fourth-order valence-electron chi connectivity index (χ4n) is 4.22. The summed E-state index contributed by atoms with van der Waals surface area (Å²) in [6.45, 7) is 5.41. The van der Waals surface area contributed by atoms with Crippen LogP contribution in [0.3, 0.4) is 0 Å². The number of nitriles is 1. The van der Waals surface area contributed by atoms with Crippen LogP contribution in [0.4, 0.5) is 8.78 Å². The topological polar surface area (TPSA) is 27.0 Å². The highest BCUT2D eigenvalue weighted by atomic mass is 19.1. The van der Waals surface area contributed by atoms with Crippen LogP contribution in [0.25, 0.3) is 0 Å². The van der Waals surface area contributed by atoms with Crippen molar-refractivity contribution in [2.75, 3.05) is 13.1 Å². The lowest BCUT2D eigenvalue weighted by Gasteiger charge is -2.47. The summed E-state index contributed by atoms with van der Waals surface area (Å²) in [6.07, 6.45) is 6.85. The Morgan fingerprint density at radius 2 is 2.12 bits per heavy atom. The predicted octanol–water partition coefficient (Wildman–Crippen LogP) is 4.69. The molecule has 1 fully saturated rings. The summed E-state index contributed by atoms with van der Waals surface area (Å²) in [7, 11) is 0. The van der Waals surface area contributed by atoms with Gasteiger partial charge in [-0.1, -0.05) is 38.7 Å². The van der Waals surface area contributed by atoms with Crippen LogP contribution in [0.2, 0.25) is 0 Å². The number of terminal acetylenes is 1. The van der Waals surface area contributed by atoms with Gasteiger partial charge in [-0.05, 0) is 31.0 Å². The van der Waals surface area contributed by atoms with Gasteiger partial charge in [0.05, 0.1) is 6.07 Å². The number of piperidine rings is 1. The van der Waals surface area contributed by atoms with Gasteiger partial charge in [0.25, 0.3) is 0 Å². The quantitative estimate of drug-likeness (QED) is 0.700. The summed E-state index contributed by atoms with van der Waals surface area (Å²) in [4.78, 5) is 1.94. The van der Waals surface area contributed by atoms with Crippen molar-refractivity contribution in [1.29, 1.82) is 5.26 Å². The number of benzene rings is 1. The molecule has 1 aromatic rings. The van der Waals surface area contributed by atoms with Crippen molar-refractivity contribution in [3.8, 4) is 18.4 Å². The SMILES string of the molecule is C#Cc1ccc(CN2CC[C@](CC#N)(C(CC)CC)C(F)C2)c(F)c1. The molecule has 1 heterocycles. The number of rotatable bonds is 6. The van der Waals surface area contributed by atoms with E-state index in [1.54, 1.807) is 12.1 Å². The minimum atomic E-state index is -1.07. The molecule has 1 aliphatic heterocycles. The largest absolute Gasteiger partial charge is 0.296 e. The fraction of sp³-hybridized carbons (Fsp3) is 0.571. The number of hydrogen-bond acceptors (Lipinski definition) is 2. The monoisotopic (exact) mass is 344 g/mol. The molecule has 1 aromatic carbocycles. The Morgan fingerprint density at radius 1 is 1.40 bits per heavy atom. The molecule has 0 N–H and O–H groups in total. The van der Waals surface area contributed by atoms with E-state index < -0.39 is 11.6 Å². The average molecular weight is 344 g/mol. The molecule has 25 heavy (non-hydrogen) atoms. The lowest BCUT2D eigenvalue weighted by atomic mass is 9.64. The first-order valence-corrected chi connectivity index (χ1v) is 8.99. The van der Waals surface area contributed by atoms with E-state index in [-0.39, 0.29) is 24.7 Å². The van der Waals surface area contributed by atoms with Crippen LogP contribution in [0.5, 0.6) is 0 Å². The molecule has 0 amide bonds. The van der Waals surface area contributed by atoms with Crippen LogP contribution in [0, 0.1) is 40.8 Å². The molecule has 2 rings (SSSR count). The smallest absolute Gasteiger partial charge is 0.128 e. The van der Waals surface area contributed by atoms with Gasteiger partial charge in [-0.3, -0.25) is 4.90 Å². The molecule has 0 aliphatic carbocycles. The Kier molecular flexibility index (Phi) is 6.57. The summed E-state index contributed by atoms with van der Waals surface area (Å²) in [5, 5.41) is 9.23. The van der Waals surface area contributed by atoms with Crippen molar-refractivity contribution < 1.29 is 8.78 Å². The molecule has 0 bridgehead atoms. The third-order valence-corrected chi connectivity index (χ3v) is 5.76. The highest BCUT2D eigenvalue weighted by molar-refractivity contribution is 5.35. The van der Waals surface area contributed by atoms with Gasteiger partial charge in [-0.15, -0.1) is 6.42 Å². The van der Waals surface area contributed by atoms with Crippen molar-refractivity contribution in [1.82, 2.24) is 4.90 Å². The fourth-order valence-corrected chi connectivity index (χ4v) is 4.22. The van der Waals surface area contributed by atoms with Crippen molar-refractivity contribution in [2.24, 2.45) is 11.3 Å². The summed E-state index contributed by atoms with van der Waals surface area (Å²) in [5.74, 6) is 2.27. The van der Waals surface area contributed by atoms with Gasteiger partial charge in [0, 0.05) is 36.1 Å². The van der Waals surface area contributed by atoms with Crippen molar-refractivity contribution in [3.63, 3.8) is 0 Å². The van der Waals surface area contributed by atoms with E-state index in [9.17, 15) is 9.65 Å². The molecule has 0 saturated carbocycles. The van der Waals surface area contributed by atoms with Crippen molar-refractivity contribution in [2.45, 2.75) is 52.2 Å². The second-order valence-electron chi connectivity index (χ2n) is 6.98. The van der Waals surface area contributed by atoms with Crippen molar-refractivity contribution in [3.05, 3.63) is 35.1 Å². The molecular formula is C21H26F2N2. The highest BCUT2D eigenvalue weighted by Crippen LogP contribution is 2.46. The Labute approximate surface area is 149 Å². The number of likely N-dealkylation sites (tertiary alicyclic amines) is 1. The van der Waals surface area contributed by atoms with Crippen LogP contribution < -0.4 is 0 Å². The Hall–Kier alpha value is -1.91. The summed E-state index contributed by atoms with van der Waals surface area (Å²) in [6, 6.07) is 6.93. The summed E-state index contributed by atoms with van der Waals surface area (Å²) < 4.78 is 29.3. The second kappa shape index (κ2) is 8.45. The Morgan fingerprint density at radius 3 is 2.64 bits per heavy atom. The molecular weight excluding hydrogens is 318 g/mol. The molecule has 0 spiro atoms. The molecule has 1 aliphatic rings. The zero-order chi connectivity index (χ0) is 18.4. The molecule has 2 nitrogen and oxygen atoms in total. The maximum Gasteiger partial charge on any atom is 0.128 e. The predicted molar refractivity (Wildman–Crippen MR) is 95.9 cm³/mol. The van der Waals surface area contributed by atoms with E-state index in [1.165, 1.54) is 6.07 Å². The number of nitrogens with zero attached hydrogens (tertiary/aromatic N) is 2. The molecule has 2 atom stereocenters. The molecule has 0 radical (unpaired) electrons. The van der Waals surface area contributed by atoms with Gasteiger partial charge in [0.15, 0.2) is 0 Å². The number of hydrogen-bond donors (Lipinski definition) is 0. The molecule has 1 unspecified atom stereocenters. The first-order chi connectivity index (χ1) is 12.0. The first-order valence-electron chi connectivity index (χ1n) is 8.99. The van der Waals surface area contributed by atoms with E-state index in [4.69, 9.17) is 6.42 Å².